The molecule has 1 aliphatic carbocycles. The number of nitrogens with zero attached hydrogens (tertiary/aromatic N) is 1. The highest BCUT2D eigenvalue weighted by Crippen LogP contribution is 2.38. The largest absolute Gasteiger partial charge is 0.311 e. The zero-order valence-electron chi connectivity index (χ0n) is 12.0. The Balaban J connectivity index is 1.95. The van der Waals surface area contributed by atoms with E-state index in [0.29, 0.717) is 5.41 Å². The normalized spacial score (nSPS) is 34.1. The van der Waals surface area contributed by atoms with Crippen LogP contribution in [-0.2, 0) is 0 Å². The fraction of sp³-hybridized carbons (Fsp3) is 1.00. The summed E-state index contributed by atoms with van der Waals surface area (Å²) in [5, 5.41) is 3.70. The SMILES string of the molecule is CCC1CN(CC2(C)CCCC2)C(CC)CN1. The van der Waals surface area contributed by atoms with Crippen molar-refractivity contribution in [2.75, 3.05) is 19.6 Å². The molecule has 0 aromatic rings. The van der Waals surface area contributed by atoms with Crippen LogP contribution in [0.5, 0.6) is 0 Å². The molecule has 1 heterocycles. The van der Waals surface area contributed by atoms with Crippen molar-refractivity contribution >= 4 is 0 Å². The molecule has 1 N–H and O–H groups in total. The number of piperazine rings is 1. The predicted octanol–water partition coefficient (Wildman–Crippen LogP) is 3.03. The van der Waals surface area contributed by atoms with Crippen LogP contribution < -0.4 is 5.32 Å². The molecule has 2 fully saturated rings. The predicted molar refractivity (Wildman–Crippen MR) is 74.3 cm³/mol. The molecule has 1 saturated heterocycles. The van der Waals surface area contributed by atoms with Gasteiger partial charge in [-0.2, -0.15) is 0 Å². The molecule has 17 heavy (non-hydrogen) atoms. The molecule has 0 aromatic heterocycles. The van der Waals surface area contributed by atoms with Crippen molar-refractivity contribution in [3.8, 4) is 0 Å². The molecule has 2 aliphatic rings. The van der Waals surface area contributed by atoms with Gasteiger partial charge in [0.1, 0.15) is 0 Å². The van der Waals surface area contributed by atoms with Crippen LogP contribution in [0.2, 0.25) is 0 Å². The Labute approximate surface area is 107 Å². The van der Waals surface area contributed by atoms with Gasteiger partial charge in [-0.3, -0.25) is 4.90 Å². The molecule has 2 nitrogen and oxygen atoms in total. The Morgan fingerprint density at radius 3 is 2.47 bits per heavy atom. The van der Waals surface area contributed by atoms with Gasteiger partial charge in [0, 0.05) is 31.7 Å². The number of nitrogens with one attached hydrogen (secondary N) is 1. The lowest BCUT2D eigenvalue weighted by molar-refractivity contribution is 0.0762. The van der Waals surface area contributed by atoms with Crippen molar-refractivity contribution in [3.63, 3.8) is 0 Å². The topological polar surface area (TPSA) is 15.3 Å². The highest BCUT2D eigenvalue weighted by Gasteiger charge is 2.34. The van der Waals surface area contributed by atoms with Crippen molar-refractivity contribution in [1.29, 1.82) is 0 Å². The molecular weight excluding hydrogens is 208 g/mol. The lowest BCUT2D eigenvalue weighted by Gasteiger charge is -2.43. The van der Waals surface area contributed by atoms with Crippen molar-refractivity contribution in [1.82, 2.24) is 10.2 Å². The van der Waals surface area contributed by atoms with Crippen LogP contribution in [0.25, 0.3) is 0 Å². The lowest BCUT2D eigenvalue weighted by Crippen LogP contribution is -2.57. The summed E-state index contributed by atoms with van der Waals surface area (Å²) in [5.74, 6) is 0. The first kappa shape index (κ1) is 13.4. The van der Waals surface area contributed by atoms with Crippen LogP contribution in [0, 0.1) is 5.41 Å². The van der Waals surface area contributed by atoms with Crippen molar-refractivity contribution in [2.45, 2.75) is 71.4 Å². The van der Waals surface area contributed by atoms with Gasteiger partial charge in [-0.05, 0) is 31.1 Å². The number of hydrogen-bond donors (Lipinski definition) is 1. The van der Waals surface area contributed by atoms with Crippen molar-refractivity contribution in [2.24, 2.45) is 5.41 Å². The Morgan fingerprint density at radius 2 is 1.88 bits per heavy atom. The molecule has 2 unspecified atom stereocenters. The zero-order chi connectivity index (χ0) is 12.3. The third kappa shape index (κ3) is 3.23. The number of hydrogen-bond acceptors (Lipinski definition) is 2. The van der Waals surface area contributed by atoms with Gasteiger partial charge < -0.3 is 5.32 Å². The van der Waals surface area contributed by atoms with Gasteiger partial charge >= 0.3 is 0 Å². The Kier molecular flexibility index (Phi) is 4.48. The van der Waals surface area contributed by atoms with E-state index < -0.39 is 0 Å². The van der Waals surface area contributed by atoms with Gasteiger partial charge in [0.05, 0.1) is 0 Å². The van der Waals surface area contributed by atoms with E-state index in [1.165, 1.54) is 58.2 Å². The summed E-state index contributed by atoms with van der Waals surface area (Å²) in [6, 6.07) is 1.50. The van der Waals surface area contributed by atoms with Crippen LogP contribution in [0.15, 0.2) is 0 Å². The van der Waals surface area contributed by atoms with E-state index in [4.69, 9.17) is 0 Å². The van der Waals surface area contributed by atoms with Crippen LogP contribution in [-0.4, -0.2) is 36.6 Å². The minimum Gasteiger partial charge on any atom is -0.311 e. The average molecular weight is 238 g/mol. The molecule has 2 heteroatoms. The van der Waals surface area contributed by atoms with Gasteiger partial charge in [-0.15, -0.1) is 0 Å². The molecule has 1 saturated carbocycles. The Morgan fingerprint density at radius 1 is 1.18 bits per heavy atom. The maximum absolute atomic E-state index is 3.70. The Hall–Kier alpha value is -0.0800. The fourth-order valence-electron chi connectivity index (χ4n) is 3.68. The molecule has 0 aromatic carbocycles. The van der Waals surface area contributed by atoms with Gasteiger partial charge in [0.25, 0.3) is 0 Å². The third-order valence-corrected chi connectivity index (χ3v) is 4.97. The summed E-state index contributed by atoms with van der Waals surface area (Å²) in [7, 11) is 0. The summed E-state index contributed by atoms with van der Waals surface area (Å²) < 4.78 is 0. The fourth-order valence-corrected chi connectivity index (χ4v) is 3.68. The van der Waals surface area contributed by atoms with Gasteiger partial charge in [-0.1, -0.05) is 33.6 Å². The second-order valence-electron chi connectivity index (χ2n) is 6.52. The van der Waals surface area contributed by atoms with Gasteiger partial charge in [0.15, 0.2) is 0 Å². The summed E-state index contributed by atoms with van der Waals surface area (Å²) in [4.78, 5) is 2.79. The molecule has 2 atom stereocenters. The standard InChI is InChI=1S/C15H30N2/c1-4-13-11-17(14(5-2)10-16-13)12-15(3)8-6-7-9-15/h13-14,16H,4-12H2,1-3H3. The maximum atomic E-state index is 3.70. The third-order valence-electron chi connectivity index (χ3n) is 4.97. The molecule has 1 aliphatic heterocycles. The van der Waals surface area contributed by atoms with Crippen LogP contribution in [0.1, 0.15) is 59.3 Å². The first-order chi connectivity index (χ1) is 8.17. The average Bonchev–Trinajstić information content (AvgIpc) is 2.75. The molecule has 0 bridgehead atoms. The van der Waals surface area contributed by atoms with Gasteiger partial charge in [0.2, 0.25) is 0 Å². The summed E-state index contributed by atoms with van der Waals surface area (Å²) in [6.07, 6.45) is 8.37. The number of rotatable bonds is 4. The summed E-state index contributed by atoms with van der Waals surface area (Å²) in [6.45, 7) is 11.0. The van der Waals surface area contributed by atoms with Gasteiger partial charge in [-0.25, -0.2) is 0 Å². The highest BCUT2D eigenvalue weighted by atomic mass is 15.2. The van der Waals surface area contributed by atoms with E-state index in [-0.39, 0.29) is 0 Å². The van der Waals surface area contributed by atoms with Crippen LogP contribution in [0.4, 0.5) is 0 Å². The second kappa shape index (κ2) is 5.71. The van der Waals surface area contributed by atoms with E-state index >= 15 is 0 Å². The van der Waals surface area contributed by atoms with E-state index in [9.17, 15) is 0 Å². The minimum absolute atomic E-state index is 0.614. The van der Waals surface area contributed by atoms with E-state index in [1.54, 1.807) is 0 Å². The quantitative estimate of drug-likeness (QED) is 0.810. The van der Waals surface area contributed by atoms with E-state index in [1.807, 2.05) is 0 Å². The lowest BCUT2D eigenvalue weighted by atomic mass is 9.87. The molecule has 2 rings (SSSR count). The monoisotopic (exact) mass is 238 g/mol. The first-order valence-electron chi connectivity index (χ1n) is 7.64. The van der Waals surface area contributed by atoms with Crippen LogP contribution in [0.3, 0.4) is 0 Å². The highest BCUT2D eigenvalue weighted by molar-refractivity contribution is 4.90. The summed E-state index contributed by atoms with van der Waals surface area (Å²) >= 11 is 0. The molecule has 0 amide bonds. The van der Waals surface area contributed by atoms with Crippen molar-refractivity contribution in [3.05, 3.63) is 0 Å². The molecule has 0 radical (unpaired) electrons. The molecule has 100 valence electrons. The second-order valence-corrected chi connectivity index (χ2v) is 6.52. The maximum Gasteiger partial charge on any atom is 0.0219 e. The summed E-state index contributed by atoms with van der Waals surface area (Å²) in [5.41, 5.74) is 0.614. The van der Waals surface area contributed by atoms with Crippen molar-refractivity contribution < 1.29 is 0 Å². The molecule has 0 spiro atoms. The van der Waals surface area contributed by atoms with Crippen LogP contribution >= 0.6 is 0 Å². The smallest absolute Gasteiger partial charge is 0.0219 e. The Bertz CT molecular complexity index is 233. The minimum atomic E-state index is 0.614. The van der Waals surface area contributed by atoms with E-state index in [0.717, 1.165) is 12.1 Å². The zero-order valence-corrected chi connectivity index (χ0v) is 12.0. The first-order valence-corrected chi connectivity index (χ1v) is 7.64. The molecular formula is C15H30N2. The van der Waals surface area contributed by atoms with E-state index in [2.05, 4.69) is 31.0 Å².